The van der Waals surface area contributed by atoms with Crippen molar-refractivity contribution >= 4 is 28.5 Å². The maximum Gasteiger partial charge on any atom is 0.251 e. The van der Waals surface area contributed by atoms with Crippen molar-refractivity contribution in [1.82, 2.24) is 5.32 Å². The molecule has 0 saturated carbocycles. The summed E-state index contributed by atoms with van der Waals surface area (Å²) in [5.41, 5.74) is 12.0. The maximum absolute atomic E-state index is 12.4. The molecular weight excluding hydrogens is 447 g/mol. The molecule has 3 nitrogen and oxygen atoms in total. The topological polar surface area (TPSA) is 55.1 Å². The van der Waals surface area contributed by atoms with Crippen LogP contribution in [-0.2, 0) is 4.43 Å². The molecule has 0 aliphatic rings. The van der Waals surface area contributed by atoms with Gasteiger partial charge in [0.1, 0.15) is 0 Å². The third kappa shape index (κ3) is 4.96. The molecule has 0 aliphatic carbocycles. The molecule has 0 saturated heterocycles. The first-order valence-electron chi connectivity index (χ1n) is 9.06. The van der Waals surface area contributed by atoms with Crippen molar-refractivity contribution in [1.29, 1.82) is 0 Å². The first-order chi connectivity index (χ1) is 13.2. The van der Waals surface area contributed by atoms with E-state index in [4.69, 9.17) is 5.73 Å². The van der Waals surface area contributed by atoms with Crippen LogP contribution in [0.2, 0.25) is 0 Å². The van der Waals surface area contributed by atoms with E-state index in [9.17, 15) is 4.79 Å². The van der Waals surface area contributed by atoms with Gasteiger partial charge in [-0.05, 0) is 52.9 Å². The SMILES string of the molecule is NCCCNC(=O)c1ccc(CI)c(-c2ccc(-c3ccccc3)cc2)c1. The number of amides is 1. The van der Waals surface area contributed by atoms with E-state index >= 15 is 0 Å². The van der Waals surface area contributed by atoms with Crippen LogP contribution in [0.3, 0.4) is 0 Å². The number of carbonyl (C=O) groups is 1. The van der Waals surface area contributed by atoms with Crippen LogP contribution in [0.4, 0.5) is 0 Å². The number of hydrogen-bond donors (Lipinski definition) is 2. The van der Waals surface area contributed by atoms with E-state index in [2.05, 4.69) is 64.3 Å². The van der Waals surface area contributed by atoms with Gasteiger partial charge in [-0.1, -0.05) is 83.3 Å². The Kier molecular flexibility index (Phi) is 7.01. The third-order valence-electron chi connectivity index (χ3n) is 4.49. The van der Waals surface area contributed by atoms with E-state index in [0.717, 1.165) is 22.0 Å². The molecule has 1 amide bonds. The second-order valence-electron chi connectivity index (χ2n) is 6.35. The summed E-state index contributed by atoms with van der Waals surface area (Å²) < 4.78 is 0.891. The lowest BCUT2D eigenvalue weighted by Gasteiger charge is -2.12. The van der Waals surface area contributed by atoms with Crippen LogP contribution in [-0.4, -0.2) is 19.0 Å². The van der Waals surface area contributed by atoms with Crippen molar-refractivity contribution in [3.8, 4) is 22.3 Å². The molecule has 3 rings (SSSR count). The van der Waals surface area contributed by atoms with Crippen LogP contribution in [0.5, 0.6) is 0 Å². The number of carbonyl (C=O) groups excluding carboxylic acids is 1. The fourth-order valence-corrected chi connectivity index (χ4v) is 3.65. The molecule has 0 bridgehead atoms. The lowest BCUT2D eigenvalue weighted by Crippen LogP contribution is -2.26. The molecule has 3 N–H and O–H groups in total. The average molecular weight is 470 g/mol. The summed E-state index contributed by atoms with van der Waals surface area (Å²) in [6, 6.07) is 24.8. The molecule has 0 atom stereocenters. The Balaban J connectivity index is 1.88. The van der Waals surface area contributed by atoms with Gasteiger partial charge in [0.25, 0.3) is 5.91 Å². The Morgan fingerprint density at radius 2 is 1.56 bits per heavy atom. The first kappa shape index (κ1) is 19.6. The summed E-state index contributed by atoms with van der Waals surface area (Å²) in [7, 11) is 0. The third-order valence-corrected chi connectivity index (χ3v) is 5.31. The van der Waals surface area contributed by atoms with E-state index in [0.29, 0.717) is 18.7 Å². The van der Waals surface area contributed by atoms with Crippen LogP contribution >= 0.6 is 22.6 Å². The van der Waals surface area contributed by atoms with Gasteiger partial charge in [-0.3, -0.25) is 4.79 Å². The van der Waals surface area contributed by atoms with E-state index in [1.807, 2.05) is 36.4 Å². The van der Waals surface area contributed by atoms with E-state index in [1.165, 1.54) is 16.7 Å². The highest BCUT2D eigenvalue weighted by Crippen LogP contribution is 2.29. The zero-order chi connectivity index (χ0) is 19.1. The number of hydrogen-bond acceptors (Lipinski definition) is 2. The number of rotatable bonds is 7. The Morgan fingerprint density at radius 1 is 0.889 bits per heavy atom. The molecule has 0 spiro atoms. The van der Waals surface area contributed by atoms with Gasteiger partial charge in [0.15, 0.2) is 0 Å². The van der Waals surface area contributed by atoms with Gasteiger partial charge in [0, 0.05) is 16.5 Å². The molecule has 0 unspecified atom stereocenters. The van der Waals surface area contributed by atoms with Crippen molar-refractivity contribution in [2.45, 2.75) is 10.8 Å². The van der Waals surface area contributed by atoms with E-state index in [1.54, 1.807) is 0 Å². The minimum atomic E-state index is -0.0504. The quantitative estimate of drug-likeness (QED) is 0.289. The Bertz CT molecular complexity index is 892. The predicted octanol–water partition coefficient (Wildman–Crippen LogP) is 5.03. The maximum atomic E-state index is 12.4. The van der Waals surface area contributed by atoms with Crippen LogP contribution in [0.15, 0.2) is 72.8 Å². The molecule has 0 heterocycles. The monoisotopic (exact) mass is 470 g/mol. The highest BCUT2D eigenvalue weighted by Gasteiger charge is 2.11. The summed E-state index contributed by atoms with van der Waals surface area (Å²) in [5.74, 6) is -0.0504. The van der Waals surface area contributed by atoms with Gasteiger partial charge < -0.3 is 11.1 Å². The van der Waals surface area contributed by atoms with Gasteiger partial charge in [-0.2, -0.15) is 0 Å². The molecule has 0 aliphatic heterocycles. The number of halogens is 1. The van der Waals surface area contributed by atoms with Crippen LogP contribution in [0.25, 0.3) is 22.3 Å². The molecule has 0 fully saturated rings. The van der Waals surface area contributed by atoms with Crippen molar-refractivity contribution in [3.05, 3.63) is 83.9 Å². The molecule has 3 aromatic rings. The molecular formula is C23H23IN2O. The lowest BCUT2D eigenvalue weighted by molar-refractivity contribution is 0.0953. The fraction of sp³-hybridized carbons (Fsp3) is 0.174. The van der Waals surface area contributed by atoms with Crippen LogP contribution < -0.4 is 11.1 Å². The molecule has 4 heteroatoms. The zero-order valence-electron chi connectivity index (χ0n) is 15.1. The summed E-state index contributed by atoms with van der Waals surface area (Å²) in [6.07, 6.45) is 0.783. The number of benzene rings is 3. The number of nitrogens with two attached hydrogens (primary N) is 1. The van der Waals surface area contributed by atoms with Crippen molar-refractivity contribution in [2.24, 2.45) is 5.73 Å². The predicted molar refractivity (Wildman–Crippen MR) is 121 cm³/mol. The summed E-state index contributed by atoms with van der Waals surface area (Å²) in [5, 5.41) is 2.93. The zero-order valence-corrected chi connectivity index (χ0v) is 17.3. The van der Waals surface area contributed by atoms with Crippen molar-refractivity contribution < 1.29 is 4.79 Å². The largest absolute Gasteiger partial charge is 0.352 e. The summed E-state index contributed by atoms with van der Waals surface area (Å²) >= 11 is 2.36. The van der Waals surface area contributed by atoms with Crippen molar-refractivity contribution in [3.63, 3.8) is 0 Å². The fourth-order valence-electron chi connectivity index (χ4n) is 2.98. The van der Waals surface area contributed by atoms with Crippen LogP contribution in [0.1, 0.15) is 22.3 Å². The Labute approximate surface area is 174 Å². The van der Waals surface area contributed by atoms with Crippen LogP contribution in [0, 0.1) is 0 Å². The summed E-state index contributed by atoms with van der Waals surface area (Å²) in [4.78, 5) is 12.4. The van der Waals surface area contributed by atoms with E-state index in [-0.39, 0.29) is 5.91 Å². The highest BCUT2D eigenvalue weighted by molar-refractivity contribution is 14.1. The van der Waals surface area contributed by atoms with Gasteiger partial charge >= 0.3 is 0 Å². The van der Waals surface area contributed by atoms with Gasteiger partial charge in [-0.25, -0.2) is 0 Å². The minimum Gasteiger partial charge on any atom is -0.352 e. The lowest BCUT2D eigenvalue weighted by atomic mass is 9.95. The smallest absolute Gasteiger partial charge is 0.251 e. The standard InChI is InChI=1S/C23H23IN2O/c24-16-21-12-11-20(23(27)26-14-4-13-25)15-22(21)19-9-7-18(8-10-19)17-5-2-1-3-6-17/h1-3,5-12,15H,4,13-14,16,25H2,(H,26,27). The minimum absolute atomic E-state index is 0.0504. The Morgan fingerprint density at radius 3 is 2.22 bits per heavy atom. The Hall–Kier alpha value is -2.18. The van der Waals surface area contributed by atoms with Crippen molar-refractivity contribution in [2.75, 3.05) is 13.1 Å². The normalized spacial score (nSPS) is 10.6. The molecule has 3 aromatic carbocycles. The molecule has 0 aromatic heterocycles. The first-order valence-corrected chi connectivity index (χ1v) is 10.6. The van der Waals surface area contributed by atoms with Gasteiger partial charge in [0.05, 0.1) is 0 Å². The molecule has 27 heavy (non-hydrogen) atoms. The number of nitrogens with one attached hydrogen (secondary N) is 1. The van der Waals surface area contributed by atoms with Gasteiger partial charge in [0.2, 0.25) is 0 Å². The second-order valence-corrected chi connectivity index (χ2v) is 7.11. The van der Waals surface area contributed by atoms with E-state index < -0.39 is 0 Å². The molecule has 0 radical (unpaired) electrons. The van der Waals surface area contributed by atoms with Gasteiger partial charge in [-0.15, -0.1) is 0 Å². The average Bonchev–Trinajstić information content (AvgIpc) is 2.74. The number of alkyl halides is 1. The molecule has 138 valence electrons. The summed E-state index contributed by atoms with van der Waals surface area (Å²) in [6.45, 7) is 1.18. The highest BCUT2D eigenvalue weighted by atomic mass is 127. The second kappa shape index (κ2) is 9.67.